The maximum Gasteiger partial charge on any atom is 0.352 e. The third kappa shape index (κ3) is 2.04. The first-order valence-corrected chi connectivity index (χ1v) is 7.03. The van der Waals surface area contributed by atoms with Gasteiger partial charge >= 0.3 is 5.92 Å². The van der Waals surface area contributed by atoms with Gasteiger partial charge in [0.1, 0.15) is 11.1 Å². The molecule has 6 nitrogen and oxygen atoms in total. The zero-order valence-corrected chi connectivity index (χ0v) is 11.7. The Morgan fingerprint density at radius 1 is 1.33 bits per heavy atom. The molecule has 1 aromatic rings. The first kappa shape index (κ1) is 14.4. The average molecular weight is 301 g/mol. The molecule has 0 unspecified atom stereocenters. The molecule has 2 fully saturated rings. The van der Waals surface area contributed by atoms with Crippen LogP contribution in [0.3, 0.4) is 0 Å². The molecule has 116 valence electrons. The van der Waals surface area contributed by atoms with Gasteiger partial charge in [0.2, 0.25) is 5.89 Å². The van der Waals surface area contributed by atoms with E-state index in [0.29, 0.717) is 25.2 Å². The van der Waals surface area contributed by atoms with Gasteiger partial charge < -0.3 is 14.9 Å². The quantitative estimate of drug-likeness (QED) is 0.878. The lowest BCUT2D eigenvalue weighted by Gasteiger charge is -2.45. The number of alkyl halides is 2. The van der Waals surface area contributed by atoms with Gasteiger partial charge in [-0.2, -0.15) is 13.8 Å². The Balaban J connectivity index is 1.80. The maximum atomic E-state index is 14.1. The van der Waals surface area contributed by atoms with Crippen LogP contribution in [0.25, 0.3) is 0 Å². The number of aliphatic hydroxyl groups is 1. The van der Waals surface area contributed by atoms with Crippen molar-refractivity contribution in [3.8, 4) is 0 Å². The molecule has 1 heterocycles. The Hall–Kier alpha value is -1.57. The van der Waals surface area contributed by atoms with E-state index in [9.17, 15) is 18.7 Å². The van der Waals surface area contributed by atoms with Gasteiger partial charge in [-0.05, 0) is 38.5 Å². The van der Waals surface area contributed by atoms with Gasteiger partial charge in [-0.25, -0.2) is 0 Å². The first-order chi connectivity index (χ1) is 9.79. The van der Waals surface area contributed by atoms with Crippen LogP contribution in [0, 0.1) is 6.92 Å². The molecule has 2 aliphatic carbocycles. The summed E-state index contributed by atoms with van der Waals surface area (Å²) in [5.74, 6) is -4.75. The third-order valence-corrected chi connectivity index (χ3v) is 4.57. The Bertz CT molecular complexity index is 565. The van der Waals surface area contributed by atoms with E-state index in [1.807, 2.05) is 0 Å². The molecule has 1 aromatic heterocycles. The van der Waals surface area contributed by atoms with Crippen LogP contribution in [0.1, 0.15) is 50.2 Å². The van der Waals surface area contributed by atoms with Gasteiger partial charge in [-0.1, -0.05) is 5.16 Å². The number of hydrogen-bond acceptors (Lipinski definition) is 5. The summed E-state index contributed by atoms with van der Waals surface area (Å²) in [5.41, 5.74) is -3.23. The lowest BCUT2D eigenvalue weighted by molar-refractivity contribution is -0.218. The smallest absolute Gasteiger partial charge is 0.352 e. The standard InChI is InChI=1S/C13H17F2N3O3/c1-8-16-9(18-21-8)11(4-2-5-11)17-10(19)13(14,15)12(20)6-3-7-12/h20H,2-7H2,1H3,(H,17,19). The SMILES string of the molecule is Cc1nc(C2(NC(=O)C(F)(F)C3(O)CCC3)CCC2)no1. The summed E-state index contributed by atoms with van der Waals surface area (Å²) in [6.07, 6.45) is 2.10. The number of aryl methyl sites for hydroxylation is 1. The number of hydrogen-bond donors (Lipinski definition) is 2. The summed E-state index contributed by atoms with van der Waals surface area (Å²) < 4.78 is 33.1. The van der Waals surface area contributed by atoms with Crippen molar-refractivity contribution < 1.29 is 23.2 Å². The molecule has 2 N–H and O–H groups in total. The molecule has 21 heavy (non-hydrogen) atoms. The van der Waals surface area contributed by atoms with Crippen molar-refractivity contribution in [3.05, 3.63) is 11.7 Å². The predicted molar refractivity (Wildman–Crippen MR) is 66.5 cm³/mol. The lowest BCUT2D eigenvalue weighted by atomic mass is 9.73. The van der Waals surface area contributed by atoms with Crippen LogP contribution >= 0.6 is 0 Å². The molecule has 0 bridgehead atoms. The zero-order chi connectivity index (χ0) is 15.3. The normalized spacial score (nSPS) is 23.0. The van der Waals surface area contributed by atoms with E-state index in [4.69, 9.17) is 4.52 Å². The third-order valence-electron chi connectivity index (χ3n) is 4.57. The van der Waals surface area contributed by atoms with Gasteiger partial charge in [0.05, 0.1) is 0 Å². The molecule has 1 amide bonds. The minimum Gasteiger partial charge on any atom is -0.383 e. The van der Waals surface area contributed by atoms with Crippen LogP contribution in [0.5, 0.6) is 0 Å². The summed E-state index contributed by atoms with van der Waals surface area (Å²) in [6.45, 7) is 1.59. The summed E-state index contributed by atoms with van der Waals surface area (Å²) in [7, 11) is 0. The number of aromatic nitrogens is 2. The molecule has 0 spiro atoms. The summed E-state index contributed by atoms with van der Waals surface area (Å²) in [5, 5.41) is 15.9. The highest BCUT2D eigenvalue weighted by molar-refractivity contribution is 5.86. The van der Waals surface area contributed by atoms with Crippen LogP contribution in [0.4, 0.5) is 8.78 Å². The molecular formula is C13H17F2N3O3. The van der Waals surface area contributed by atoms with Crippen LogP contribution in [0.15, 0.2) is 4.52 Å². The van der Waals surface area contributed by atoms with Gasteiger partial charge in [-0.3, -0.25) is 4.79 Å². The largest absolute Gasteiger partial charge is 0.383 e. The molecule has 3 rings (SSSR count). The topological polar surface area (TPSA) is 88.2 Å². The van der Waals surface area contributed by atoms with Crippen molar-refractivity contribution >= 4 is 5.91 Å². The van der Waals surface area contributed by atoms with E-state index < -0.39 is 23.0 Å². The second kappa shape index (κ2) is 4.46. The Kier molecular flexibility index (Phi) is 3.05. The number of amides is 1. The second-order valence-electron chi connectivity index (χ2n) is 5.99. The summed E-state index contributed by atoms with van der Waals surface area (Å²) in [6, 6.07) is 0. The van der Waals surface area contributed by atoms with Crippen molar-refractivity contribution in [1.29, 1.82) is 0 Å². The molecule has 8 heteroatoms. The van der Waals surface area contributed by atoms with E-state index in [1.165, 1.54) is 0 Å². The van der Waals surface area contributed by atoms with Crippen molar-refractivity contribution in [2.75, 3.05) is 0 Å². The van der Waals surface area contributed by atoms with E-state index >= 15 is 0 Å². The minimum absolute atomic E-state index is 0.0677. The van der Waals surface area contributed by atoms with Gasteiger partial charge in [0, 0.05) is 6.92 Å². The van der Waals surface area contributed by atoms with E-state index in [-0.39, 0.29) is 18.7 Å². The van der Waals surface area contributed by atoms with Gasteiger partial charge in [0.15, 0.2) is 5.82 Å². The monoisotopic (exact) mass is 301 g/mol. The second-order valence-corrected chi connectivity index (χ2v) is 5.99. The van der Waals surface area contributed by atoms with Crippen LogP contribution in [0.2, 0.25) is 0 Å². The Labute approximate surface area is 119 Å². The number of carbonyl (C=O) groups excluding carboxylic acids is 1. The fourth-order valence-corrected chi connectivity index (χ4v) is 2.76. The molecule has 2 saturated carbocycles. The number of carbonyl (C=O) groups is 1. The maximum absolute atomic E-state index is 14.1. The number of nitrogens with zero attached hydrogens (tertiary/aromatic N) is 2. The fourth-order valence-electron chi connectivity index (χ4n) is 2.76. The molecule has 0 aliphatic heterocycles. The van der Waals surface area contributed by atoms with Crippen LogP contribution in [-0.4, -0.2) is 32.7 Å². The highest BCUT2D eigenvalue weighted by Crippen LogP contribution is 2.46. The molecular weight excluding hydrogens is 284 g/mol. The highest BCUT2D eigenvalue weighted by Gasteiger charge is 2.62. The number of nitrogens with one attached hydrogen (secondary N) is 1. The van der Waals surface area contributed by atoms with E-state index in [1.54, 1.807) is 6.92 Å². The molecule has 0 aromatic carbocycles. The van der Waals surface area contributed by atoms with Crippen molar-refractivity contribution in [2.45, 2.75) is 62.5 Å². The predicted octanol–water partition coefficient (Wildman–Crippen LogP) is 1.42. The Morgan fingerprint density at radius 2 is 1.95 bits per heavy atom. The number of halogens is 2. The van der Waals surface area contributed by atoms with Crippen LogP contribution < -0.4 is 5.32 Å². The minimum atomic E-state index is -3.81. The molecule has 2 aliphatic rings. The van der Waals surface area contributed by atoms with Crippen LogP contribution in [-0.2, 0) is 10.3 Å². The molecule has 0 radical (unpaired) electrons. The summed E-state index contributed by atoms with van der Waals surface area (Å²) >= 11 is 0. The average Bonchev–Trinajstić information content (AvgIpc) is 2.77. The lowest BCUT2D eigenvalue weighted by Crippen LogP contribution is -2.64. The van der Waals surface area contributed by atoms with Crippen molar-refractivity contribution in [2.24, 2.45) is 0 Å². The van der Waals surface area contributed by atoms with Crippen molar-refractivity contribution in [3.63, 3.8) is 0 Å². The summed E-state index contributed by atoms with van der Waals surface area (Å²) in [4.78, 5) is 16.0. The molecule has 0 atom stereocenters. The van der Waals surface area contributed by atoms with Gasteiger partial charge in [-0.15, -0.1) is 0 Å². The van der Waals surface area contributed by atoms with E-state index in [2.05, 4.69) is 15.5 Å². The fraction of sp³-hybridized carbons (Fsp3) is 0.769. The van der Waals surface area contributed by atoms with E-state index in [0.717, 1.165) is 6.42 Å². The number of rotatable bonds is 4. The Morgan fingerprint density at radius 3 is 2.33 bits per heavy atom. The first-order valence-electron chi connectivity index (χ1n) is 7.03. The zero-order valence-electron chi connectivity index (χ0n) is 11.7. The molecule has 0 saturated heterocycles. The van der Waals surface area contributed by atoms with Crippen molar-refractivity contribution in [1.82, 2.24) is 15.5 Å². The van der Waals surface area contributed by atoms with Gasteiger partial charge in [0.25, 0.3) is 5.91 Å². The highest BCUT2D eigenvalue weighted by atomic mass is 19.3.